The van der Waals surface area contributed by atoms with Gasteiger partial charge in [0.15, 0.2) is 5.13 Å². The average molecular weight is 359 g/mol. The van der Waals surface area contributed by atoms with Crippen molar-refractivity contribution in [2.45, 2.75) is 23.8 Å². The lowest BCUT2D eigenvalue weighted by molar-refractivity contribution is 0.554. The summed E-state index contributed by atoms with van der Waals surface area (Å²) in [4.78, 5) is 5.89. The van der Waals surface area contributed by atoms with Gasteiger partial charge in [0.2, 0.25) is 10.0 Å². The van der Waals surface area contributed by atoms with Crippen LogP contribution in [0.1, 0.15) is 12.8 Å². The Kier molecular flexibility index (Phi) is 4.60. The lowest BCUT2D eigenvalue weighted by Crippen LogP contribution is -2.40. The van der Waals surface area contributed by atoms with Crippen LogP contribution in [0.5, 0.6) is 0 Å². The molecule has 0 saturated carbocycles. The fraction of sp³-hybridized carbons (Fsp3) is 0.357. The van der Waals surface area contributed by atoms with E-state index in [0.717, 1.165) is 36.7 Å². The van der Waals surface area contributed by atoms with E-state index in [1.165, 1.54) is 11.3 Å². The summed E-state index contributed by atoms with van der Waals surface area (Å²) in [5, 5.41) is 2.72. The van der Waals surface area contributed by atoms with Gasteiger partial charge in [0, 0.05) is 36.8 Å². The second-order valence-electron chi connectivity index (χ2n) is 5.26. The first-order chi connectivity index (χ1) is 11.0. The van der Waals surface area contributed by atoms with E-state index in [2.05, 4.69) is 14.6 Å². The molecule has 1 aliphatic heterocycles. The van der Waals surface area contributed by atoms with Crippen LogP contribution in [0, 0.1) is 11.6 Å². The Labute approximate surface area is 137 Å². The van der Waals surface area contributed by atoms with Crippen molar-refractivity contribution in [3.63, 3.8) is 0 Å². The van der Waals surface area contributed by atoms with E-state index >= 15 is 0 Å². The Balaban J connectivity index is 1.71. The second-order valence-corrected chi connectivity index (χ2v) is 7.90. The van der Waals surface area contributed by atoms with E-state index in [1.807, 2.05) is 5.38 Å². The van der Waals surface area contributed by atoms with Crippen LogP contribution >= 0.6 is 11.3 Å². The Bertz CT molecular complexity index is 761. The van der Waals surface area contributed by atoms with E-state index in [-0.39, 0.29) is 12.6 Å². The van der Waals surface area contributed by atoms with Gasteiger partial charge in [-0.25, -0.2) is 26.9 Å². The minimum Gasteiger partial charge on any atom is -0.344 e. The molecule has 23 heavy (non-hydrogen) atoms. The normalized spacial score (nSPS) is 18.5. The maximum absolute atomic E-state index is 13.2. The molecule has 0 radical (unpaired) electrons. The first kappa shape index (κ1) is 16.3. The summed E-state index contributed by atoms with van der Waals surface area (Å²) in [5.41, 5.74) is 0. The number of aromatic nitrogens is 1. The lowest BCUT2D eigenvalue weighted by atomic mass is 10.2. The molecule has 1 fully saturated rings. The summed E-state index contributed by atoms with van der Waals surface area (Å²) in [6.07, 6.45) is 3.48. The van der Waals surface area contributed by atoms with Gasteiger partial charge in [-0.3, -0.25) is 0 Å². The molecule has 0 spiro atoms. The molecule has 0 aliphatic carbocycles. The number of benzene rings is 1. The third-order valence-electron chi connectivity index (χ3n) is 3.70. The number of rotatable bonds is 5. The highest BCUT2D eigenvalue weighted by Gasteiger charge is 2.28. The van der Waals surface area contributed by atoms with Gasteiger partial charge >= 0.3 is 0 Å². The van der Waals surface area contributed by atoms with Gasteiger partial charge < -0.3 is 4.90 Å². The highest BCUT2D eigenvalue weighted by molar-refractivity contribution is 7.89. The van der Waals surface area contributed by atoms with Gasteiger partial charge in [0.1, 0.15) is 11.6 Å². The third kappa shape index (κ3) is 3.67. The maximum Gasteiger partial charge on any atom is 0.240 e. The predicted molar refractivity (Wildman–Crippen MR) is 84.0 cm³/mol. The molecule has 3 rings (SSSR count). The minimum atomic E-state index is -3.96. The van der Waals surface area contributed by atoms with E-state index < -0.39 is 26.6 Å². The van der Waals surface area contributed by atoms with Crippen LogP contribution in [0.2, 0.25) is 0 Å². The largest absolute Gasteiger partial charge is 0.344 e. The van der Waals surface area contributed by atoms with Crippen LogP contribution in [0.4, 0.5) is 13.9 Å². The SMILES string of the molecule is O=S(=O)(NCC1CCCN1c1nccs1)c1cc(F)cc(F)c1. The Morgan fingerprint density at radius 1 is 1.30 bits per heavy atom. The molecule has 9 heteroatoms. The number of thiazole rings is 1. The maximum atomic E-state index is 13.2. The van der Waals surface area contributed by atoms with Crippen molar-refractivity contribution in [1.29, 1.82) is 0 Å². The van der Waals surface area contributed by atoms with Crippen molar-refractivity contribution in [1.82, 2.24) is 9.71 Å². The minimum absolute atomic E-state index is 0.0191. The molecule has 1 aliphatic rings. The predicted octanol–water partition coefficient (Wildman–Crippen LogP) is 2.37. The highest BCUT2D eigenvalue weighted by atomic mass is 32.2. The Morgan fingerprint density at radius 3 is 2.70 bits per heavy atom. The Morgan fingerprint density at radius 2 is 2.04 bits per heavy atom. The second kappa shape index (κ2) is 6.50. The fourth-order valence-corrected chi connectivity index (χ4v) is 4.49. The Hall–Kier alpha value is -1.58. The van der Waals surface area contributed by atoms with Crippen molar-refractivity contribution in [2.75, 3.05) is 18.0 Å². The van der Waals surface area contributed by atoms with Crippen LogP contribution in [0.15, 0.2) is 34.7 Å². The molecule has 1 N–H and O–H groups in total. The average Bonchev–Trinajstić information content (AvgIpc) is 3.15. The first-order valence-corrected chi connectivity index (χ1v) is 9.44. The monoisotopic (exact) mass is 359 g/mol. The molecular weight excluding hydrogens is 344 g/mol. The van der Waals surface area contributed by atoms with Crippen molar-refractivity contribution in [3.05, 3.63) is 41.4 Å². The van der Waals surface area contributed by atoms with E-state index in [0.29, 0.717) is 6.07 Å². The number of nitrogens with one attached hydrogen (secondary N) is 1. The van der Waals surface area contributed by atoms with E-state index in [9.17, 15) is 17.2 Å². The standard InChI is InChI=1S/C14H15F2N3O2S2/c15-10-6-11(16)8-13(7-10)23(20,21)18-9-12-2-1-4-19(12)14-17-3-5-22-14/h3,5-8,12,18H,1-2,4,9H2. The van der Waals surface area contributed by atoms with Gasteiger partial charge in [-0.05, 0) is 25.0 Å². The molecule has 124 valence electrons. The number of sulfonamides is 1. The molecule has 2 aromatic rings. The number of hydrogen-bond acceptors (Lipinski definition) is 5. The molecule has 1 saturated heterocycles. The molecular formula is C14H15F2N3O2S2. The van der Waals surface area contributed by atoms with Crippen LogP contribution in [0.25, 0.3) is 0 Å². The summed E-state index contributed by atoms with van der Waals surface area (Å²) >= 11 is 1.50. The molecule has 1 aromatic heterocycles. The van der Waals surface area contributed by atoms with Gasteiger partial charge in [0.25, 0.3) is 0 Å². The zero-order valence-electron chi connectivity index (χ0n) is 12.1. The molecule has 1 aromatic carbocycles. The quantitative estimate of drug-likeness (QED) is 0.890. The van der Waals surface area contributed by atoms with E-state index in [4.69, 9.17) is 0 Å². The molecule has 0 amide bonds. The molecule has 5 nitrogen and oxygen atoms in total. The third-order valence-corrected chi connectivity index (χ3v) is 5.91. The van der Waals surface area contributed by atoms with Crippen LogP contribution in [-0.4, -0.2) is 32.5 Å². The zero-order valence-corrected chi connectivity index (χ0v) is 13.7. The number of halogens is 2. The summed E-state index contributed by atoms with van der Waals surface area (Å²) in [7, 11) is -3.96. The van der Waals surface area contributed by atoms with Crippen molar-refractivity contribution < 1.29 is 17.2 Å². The summed E-state index contributed by atoms with van der Waals surface area (Å²) in [6.45, 7) is 0.981. The molecule has 2 heterocycles. The van der Waals surface area contributed by atoms with Crippen LogP contribution in [0.3, 0.4) is 0 Å². The van der Waals surface area contributed by atoms with Gasteiger partial charge in [0.05, 0.1) is 4.90 Å². The number of hydrogen-bond donors (Lipinski definition) is 1. The molecule has 1 atom stereocenters. The fourth-order valence-electron chi connectivity index (χ4n) is 2.63. The summed E-state index contributed by atoms with van der Waals surface area (Å²) < 4.78 is 53.3. The zero-order chi connectivity index (χ0) is 16.4. The van der Waals surface area contributed by atoms with Crippen molar-refractivity contribution in [3.8, 4) is 0 Å². The lowest BCUT2D eigenvalue weighted by Gasteiger charge is -2.24. The van der Waals surface area contributed by atoms with Gasteiger partial charge in [-0.15, -0.1) is 11.3 Å². The smallest absolute Gasteiger partial charge is 0.240 e. The van der Waals surface area contributed by atoms with Crippen molar-refractivity contribution in [2.24, 2.45) is 0 Å². The highest BCUT2D eigenvalue weighted by Crippen LogP contribution is 2.27. The van der Waals surface area contributed by atoms with E-state index in [1.54, 1.807) is 6.20 Å². The topological polar surface area (TPSA) is 62.3 Å². The first-order valence-electron chi connectivity index (χ1n) is 7.07. The van der Waals surface area contributed by atoms with Crippen LogP contribution in [-0.2, 0) is 10.0 Å². The summed E-state index contributed by atoms with van der Waals surface area (Å²) in [6, 6.07) is 2.23. The molecule has 1 unspecified atom stereocenters. The number of anilines is 1. The van der Waals surface area contributed by atoms with Crippen molar-refractivity contribution >= 4 is 26.5 Å². The summed E-state index contributed by atoms with van der Waals surface area (Å²) in [5.74, 6) is -1.84. The van der Waals surface area contributed by atoms with Gasteiger partial charge in [-0.2, -0.15) is 0 Å². The van der Waals surface area contributed by atoms with Gasteiger partial charge in [-0.1, -0.05) is 0 Å². The number of nitrogens with zero attached hydrogens (tertiary/aromatic N) is 2. The van der Waals surface area contributed by atoms with Crippen LogP contribution < -0.4 is 9.62 Å². The molecule has 0 bridgehead atoms.